The first-order valence-corrected chi connectivity index (χ1v) is 33.4. The van der Waals surface area contributed by atoms with Gasteiger partial charge >= 0.3 is 0 Å². The SMILES string of the molecule is CC(C)(C)c1ccc(-c2ccc3c(c2)C2c4ccc(-n5c6ccc(C(C)(C)C)cc6c6cc(C(C)(C)C)ccc65)cc4N(c4c(-c5ccccc5)cc5c(oc6ccccc65)c4-c4ccccc4)c4cc(C(C)(C)C)cc(c42)C3c2ccccc2-c2ccccc2)cc1. The summed E-state index contributed by atoms with van der Waals surface area (Å²) in [6, 6.07) is 97.4. The second kappa shape index (κ2) is 21.3. The summed E-state index contributed by atoms with van der Waals surface area (Å²) < 4.78 is 9.92. The Kier molecular flexibility index (Phi) is 13.3. The smallest absolute Gasteiger partial charge is 0.145 e. The third-order valence-electron chi connectivity index (χ3n) is 20.4. The summed E-state index contributed by atoms with van der Waals surface area (Å²) in [5, 5.41) is 4.72. The number of furan rings is 1. The van der Waals surface area contributed by atoms with Crippen LogP contribution in [0.2, 0.25) is 0 Å². The number of para-hydroxylation sites is 1. The summed E-state index contributed by atoms with van der Waals surface area (Å²) in [5.41, 5.74) is 30.7. The molecule has 1 aliphatic heterocycles. The third-order valence-corrected chi connectivity index (χ3v) is 20.4. The summed E-state index contributed by atoms with van der Waals surface area (Å²) in [5.74, 6) is -0.289. The van der Waals surface area contributed by atoms with E-state index in [1.807, 2.05) is 0 Å². The molecule has 0 amide bonds. The van der Waals surface area contributed by atoms with Crippen molar-refractivity contribution in [2.75, 3.05) is 4.90 Å². The molecule has 0 saturated carbocycles. The molecule has 0 bridgehead atoms. The van der Waals surface area contributed by atoms with Gasteiger partial charge in [-0.15, -0.1) is 0 Å². The number of fused-ring (bicyclic) bond motifs is 10. The quantitative estimate of drug-likeness (QED) is 0.159. The maximum absolute atomic E-state index is 7.36. The molecule has 0 saturated heterocycles. The highest BCUT2D eigenvalue weighted by molar-refractivity contribution is 6.18. The van der Waals surface area contributed by atoms with Crippen LogP contribution in [0.3, 0.4) is 0 Å². The lowest BCUT2D eigenvalue weighted by atomic mass is 9.64. The molecule has 0 spiro atoms. The molecule has 3 heteroatoms. The van der Waals surface area contributed by atoms with Crippen LogP contribution in [0, 0.1) is 0 Å². The van der Waals surface area contributed by atoms with E-state index in [4.69, 9.17) is 4.42 Å². The predicted molar refractivity (Wildman–Crippen MR) is 394 cm³/mol. The third kappa shape index (κ3) is 9.60. The van der Waals surface area contributed by atoms with E-state index in [-0.39, 0.29) is 33.5 Å². The van der Waals surface area contributed by atoms with Crippen LogP contribution < -0.4 is 4.90 Å². The van der Waals surface area contributed by atoms with Crippen molar-refractivity contribution in [2.24, 2.45) is 0 Å². The number of anilines is 3. The first-order valence-electron chi connectivity index (χ1n) is 33.4. The van der Waals surface area contributed by atoms with Crippen molar-refractivity contribution in [3.8, 4) is 50.2 Å². The van der Waals surface area contributed by atoms with Gasteiger partial charge in [-0.3, -0.25) is 0 Å². The van der Waals surface area contributed by atoms with Crippen molar-refractivity contribution in [3.05, 3.63) is 310 Å². The van der Waals surface area contributed by atoms with Gasteiger partial charge in [0.1, 0.15) is 11.2 Å². The number of hydrogen-bond acceptors (Lipinski definition) is 2. The van der Waals surface area contributed by atoms with Crippen molar-refractivity contribution in [2.45, 2.75) is 117 Å². The van der Waals surface area contributed by atoms with Gasteiger partial charge in [0.05, 0.1) is 28.1 Å². The molecule has 0 radical (unpaired) electrons. The van der Waals surface area contributed by atoms with E-state index in [0.717, 1.165) is 61.3 Å². The van der Waals surface area contributed by atoms with Crippen LogP contribution in [0.1, 0.15) is 151 Å². The largest absolute Gasteiger partial charge is 0.455 e. The van der Waals surface area contributed by atoms with Gasteiger partial charge in [-0.25, -0.2) is 0 Å². The number of aromatic nitrogens is 1. The van der Waals surface area contributed by atoms with Gasteiger partial charge in [0.2, 0.25) is 0 Å². The molecule has 14 aromatic rings. The summed E-state index contributed by atoms with van der Waals surface area (Å²) in [6.07, 6.45) is 0. The van der Waals surface area contributed by atoms with Crippen molar-refractivity contribution in [3.63, 3.8) is 0 Å². The Morgan fingerprint density at radius 3 is 1.47 bits per heavy atom. The van der Waals surface area contributed by atoms with Crippen LogP contribution in [0.5, 0.6) is 0 Å². The van der Waals surface area contributed by atoms with Crippen LogP contribution in [0.15, 0.2) is 259 Å². The van der Waals surface area contributed by atoms with Crippen LogP contribution >= 0.6 is 0 Å². The molecule has 3 heterocycles. The van der Waals surface area contributed by atoms with Gasteiger partial charge < -0.3 is 13.9 Å². The Hall–Kier alpha value is -9.96. The average molecular weight is 1210 g/mol. The zero-order valence-electron chi connectivity index (χ0n) is 55.7. The van der Waals surface area contributed by atoms with E-state index < -0.39 is 0 Å². The molecule has 1 aliphatic carbocycles. The Balaban J connectivity index is 1.08. The van der Waals surface area contributed by atoms with E-state index in [9.17, 15) is 0 Å². The monoisotopic (exact) mass is 1200 g/mol. The molecular weight excluding hydrogens is 1130 g/mol. The summed E-state index contributed by atoms with van der Waals surface area (Å²) in [7, 11) is 0. The summed E-state index contributed by atoms with van der Waals surface area (Å²) in [4.78, 5) is 2.71. The van der Waals surface area contributed by atoms with Gasteiger partial charge in [0.25, 0.3) is 0 Å². The minimum atomic E-state index is -0.254. The standard InChI is InChI=1S/C90H80N2O/c1-87(2,3)60-39-36-55(37-40-60)59-38-44-68-73(48-59)83-69-45-43-64(91-76-46-41-61(88(4,5)6)49-71(76)72-50-62(89(7,8)9)42-47-77(72)91)53-78(69)92(79-52-63(90(10,11)12)51-75(84(79)83)82(68)67-34-23-22-32-65(67)56-26-16-13-17-27-56)85-70(57-28-18-14-19-29-57)54-74-66-33-24-25-35-80(66)93-86(74)81(85)58-30-20-15-21-31-58/h13-54,82-83H,1-12H3. The topological polar surface area (TPSA) is 21.3 Å². The minimum Gasteiger partial charge on any atom is -0.455 e. The maximum Gasteiger partial charge on any atom is 0.145 e. The molecule has 0 N–H and O–H groups in total. The fourth-order valence-corrected chi connectivity index (χ4v) is 15.4. The molecule has 12 aromatic carbocycles. The summed E-state index contributed by atoms with van der Waals surface area (Å²) in [6.45, 7) is 28.1. The molecule has 2 atom stereocenters. The molecule has 16 rings (SSSR count). The highest BCUT2D eigenvalue weighted by Crippen LogP contribution is 2.63. The van der Waals surface area contributed by atoms with Crippen molar-refractivity contribution in [1.82, 2.24) is 4.57 Å². The van der Waals surface area contributed by atoms with Crippen LogP contribution in [-0.2, 0) is 21.7 Å². The van der Waals surface area contributed by atoms with E-state index >= 15 is 0 Å². The summed E-state index contributed by atoms with van der Waals surface area (Å²) >= 11 is 0. The van der Waals surface area contributed by atoms with Gasteiger partial charge in [-0.1, -0.05) is 277 Å². The van der Waals surface area contributed by atoms with Gasteiger partial charge in [0, 0.05) is 50.2 Å². The Morgan fingerprint density at radius 2 is 0.849 bits per heavy atom. The normalized spacial score (nSPS) is 14.9. The fourth-order valence-electron chi connectivity index (χ4n) is 15.4. The lowest BCUT2D eigenvalue weighted by Gasteiger charge is -2.46. The molecule has 456 valence electrons. The van der Waals surface area contributed by atoms with Gasteiger partial charge in [0.15, 0.2) is 0 Å². The maximum atomic E-state index is 7.36. The second-order valence-corrected chi connectivity index (χ2v) is 30.5. The van der Waals surface area contributed by atoms with Crippen molar-refractivity contribution in [1.29, 1.82) is 0 Å². The van der Waals surface area contributed by atoms with E-state index in [2.05, 4.69) is 347 Å². The van der Waals surface area contributed by atoms with Gasteiger partial charge in [-0.05, 0) is 171 Å². The fraction of sp³-hybridized carbons (Fsp3) is 0.200. The Morgan fingerprint density at radius 1 is 0.312 bits per heavy atom. The predicted octanol–water partition coefficient (Wildman–Crippen LogP) is 25.0. The molecule has 93 heavy (non-hydrogen) atoms. The second-order valence-electron chi connectivity index (χ2n) is 30.5. The van der Waals surface area contributed by atoms with Crippen molar-refractivity contribution >= 4 is 60.8 Å². The molecular formula is C90H80N2O. The molecule has 0 fully saturated rings. The van der Waals surface area contributed by atoms with E-state index in [0.29, 0.717) is 0 Å². The van der Waals surface area contributed by atoms with E-state index in [1.54, 1.807) is 0 Å². The molecule has 3 nitrogen and oxygen atoms in total. The van der Waals surface area contributed by atoms with Crippen LogP contribution in [0.4, 0.5) is 17.1 Å². The van der Waals surface area contributed by atoms with Gasteiger partial charge in [-0.2, -0.15) is 0 Å². The zero-order chi connectivity index (χ0) is 64.0. The van der Waals surface area contributed by atoms with E-state index in [1.165, 1.54) is 105 Å². The Bertz CT molecular complexity index is 5210. The first-order chi connectivity index (χ1) is 44.7. The van der Waals surface area contributed by atoms with Crippen LogP contribution in [0.25, 0.3) is 93.9 Å². The Labute approximate surface area is 548 Å². The van der Waals surface area contributed by atoms with Crippen molar-refractivity contribution < 1.29 is 4.42 Å². The number of nitrogens with zero attached hydrogens (tertiary/aromatic N) is 2. The first kappa shape index (κ1) is 58.1. The molecule has 2 unspecified atom stereocenters. The highest BCUT2D eigenvalue weighted by atomic mass is 16.3. The average Bonchev–Trinajstić information content (AvgIpc) is 1.01. The lowest BCUT2D eigenvalue weighted by Crippen LogP contribution is -2.30. The highest BCUT2D eigenvalue weighted by Gasteiger charge is 2.45. The number of rotatable bonds is 7. The zero-order valence-corrected chi connectivity index (χ0v) is 55.7. The minimum absolute atomic E-state index is 0.0238. The van der Waals surface area contributed by atoms with Crippen LogP contribution in [-0.4, -0.2) is 4.57 Å². The lowest BCUT2D eigenvalue weighted by molar-refractivity contribution is 0.587. The molecule has 2 aromatic heterocycles. The molecule has 2 aliphatic rings. The number of benzene rings is 12. The number of hydrogen-bond donors (Lipinski definition) is 0.